The maximum atomic E-state index is 12.8. The first-order chi connectivity index (χ1) is 15.0. The number of nitriles is 3. The molecule has 154 valence electrons. The second-order valence-electron chi connectivity index (χ2n) is 7.05. The summed E-state index contributed by atoms with van der Waals surface area (Å²) in [4.78, 5) is 13.9. The fourth-order valence-electron chi connectivity index (χ4n) is 3.43. The van der Waals surface area contributed by atoms with E-state index in [1.54, 1.807) is 24.3 Å². The van der Waals surface area contributed by atoms with Crippen molar-refractivity contribution in [2.45, 2.75) is 39.0 Å². The van der Waals surface area contributed by atoms with Crippen LogP contribution in [0.3, 0.4) is 0 Å². The third-order valence-corrected chi connectivity index (χ3v) is 6.36. The average Bonchev–Trinajstić information content (AvgIpc) is 3.16. The number of nitrogens with zero attached hydrogens (tertiary/aromatic N) is 3. The molecule has 0 fully saturated rings. The van der Waals surface area contributed by atoms with Gasteiger partial charge in [-0.15, -0.1) is 11.3 Å². The van der Waals surface area contributed by atoms with Crippen molar-refractivity contribution in [2.24, 2.45) is 0 Å². The van der Waals surface area contributed by atoms with Gasteiger partial charge in [-0.3, -0.25) is 4.79 Å². The molecule has 1 N–H and O–H groups in total. The summed E-state index contributed by atoms with van der Waals surface area (Å²) in [6, 6.07) is 12.3. The molecule has 0 radical (unpaired) electrons. The van der Waals surface area contributed by atoms with Gasteiger partial charge in [-0.25, -0.2) is 0 Å². The molecular weight excluding hydrogens is 447 g/mol. The zero-order valence-corrected chi connectivity index (χ0v) is 21.9. The number of ketones is 1. The van der Waals surface area contributed by atoms with Crippen LogP contribution < -0.4 is 61.8 Å². The molecule has 0 atom stereocenters. The number of carbonyl (C=O) groups excluding carboxylic acids is 1. The summed E-state index contributed by atoms with van der Waals surface area (Å²) in [5.74, 6) is -1.31. The summed E-state index contributed by atoms with van der Waals surface area (Å²) in [6.07, 6.45) is 5.61. The van der Waals surface area contributed by atoms with Crippen LogP contribution in [0.25, 0.3) is 0 Å². The van der Waals surface area contributed by atoms with E-state index in [0.717, 1.165) is 54.2 Å². The fourth-order valence-corrected chi connectivity index (χ4v) is 4.69. The molecule has 1 aromatic carbocycles. The molecule has 1 aliphatic carbocycles. The van der Waals surface area contributed by atoms with Crippen LogP contribution in [-0.4, -0.2) is 5.78 Å². The van der Waals surface area contributed by atoms with E-state index in [1.807, 2.05) is 19.1 Å². The van der Waals surface area contributed by atoms with Crippen LogP contribution in [0.1, 0.15) is 51.7 Å². The second-order valence-corrected chi connectivity index (χ2v) is 8.16. The summed E-state index contributed by atoms with van der Waals surface area (Å²) in [6.45, 7) is 2.01. The first kappa shape index (κ1) is 26.0. The third kappa shape index (κ3) is 5.76. The number of benzene rings is 1. The third-order valence-electron chi connectivity index (χ3n) is 5.15. The van der Waals surface area contributed by atoms with Crippen LogP contribution in [0, 0.1) is 34.0 Å². The van der Waals surface area contributed by atoms with E-state index in [1.165, 1.54) is 11.3 Å². The molecule has 32 heavy (non-hydrogen) atoms. The molecule has 0 amide bonds. The summed E-state index contributed by atoms with van der Waals surface area (Å²) in [5, 5.41) is 44.1. The molecule has 0 bridgehead atoms. The number of anilines is 1. The Morgan fingerprint density at radius 1 is 1.16 bits per heavy atom. The first-order valence-electron chi connectivity index (χ1n) is 9.90. The quantitative estimate of drug-likeness (QED) is 0.169. The molecule has 0 saturated carbocycles. The molecule has 6 nitrogen and oxygen atoms in total. The molecule has 0 saturated heterocycles. The van der Waals surface area contributed by atoms with Crippen LogP contribution in [0.5, 0.6) is 0 Å². The Bertz CT molecular complexity index is 1190. The molecule has 1 aromatic heterocycles. The van der Waals surface area contributed by atoms with Gasteiger partial charge in [0.25, 0.3) is 0 Å². The molecular formula is C24H19KN4O2S. The molecule has 0 spiro atoms. The van der Waals surface area contributed by atoms with Gasteiger partial charge < -0.3 is 10.4 Å². The van der Waals surface area contributed by atoms with Crippen LogP contribution >= 0.6 is 11.3 Å². The number of fused-ring (bicyclic) bond motifs is 1. The minimum atomic E-state index is -0.876. The van der Waals surface area contributed by atoms with Crippen molar-refractivity contribution in [2.75, 3.05) is 5.32 Å². The number of hydrogen-bond acceptors (Lipinski definition) is 7. The minimum absolute atomic E-state index is 0. The van der Waals surface area contributed by atoms with Crippen molar-refractivity contribution in [1.29, 1.82) is 15.8 Å². The number of carbonyl (C=O) groups is 1. The summed E-state index contributed by atoms with van der Waals surface area (Å²) in [7, 11) is 0. The van der Waals surface area contributed by atoms with Gasteiger partial charge >= 0.3 is 51.4 Å². The van der Waals surface area contributed by atoms with E-state index in [9.17, 15) is 15.2 Å². The van der Waals surface area contributed by atoms with E-state index in [0.29, 0.717) is 16.1 Å². The molecule has 1 aliphatic rings. The van der Waals surface area contributed by atoms with Gasteiger partial charge in [-0.1, -0.05) is 36.9 Å². The number of rotatable bonds is 6. The fraction of sp³-hybridized carbons (Fsp3) is 0.250. The van der Waals surface area contributed by atoms with Gasteiger partial charge in [0.1, 0.15) is 28.8 Å². The van der Waals surface area contributed by atoms with Crippen molar-refractivity contribution >= 4 is 22.1 Å². The molecule has 2 aromatic rings. The normalized spacial score (nSPS) is 12.2. The van der Waals surface area contributed by atoms with Crippen molar-refractivity contribution in [3.05, 3.63) is 74.5 Å². The molecule has 3 rings (SSSR count). The summed E-state index contributed by atoms with van der Waals surface area (Å²) in [5.41, 5.74) is 2.05. The van der Waals surface area contributed by atoms with Gasteiger partial charge in [-0.2, -0.15) is 15.8 Å². The zero-order chi connectivity index (χ0) is 22.4. The van der Waals surface area contributed by atoms with E-state index in [2.05, 4.69) is 11.4 Å². The number of thiophene rings is 1. The number of allylic oxidation sites excluding steroid dienone is 2. The smallest absolute Gasteiger partial charge is 0.870 e. The monoisotopic (exact) mass is 466 g/mol. The standard InChI is InChI=1S/C24H20N4O2S.K/c1-2-15-7-9-16(10-8-15)21(29)11-20(23(30)17(12-25)13-26)28-24-19(14-27)18-5-3-4-6-22(18)31-24;/h7-11,28,30H,2-6H2,1H3;/q;+1/p-1. The number of hydrogen-bond donors (Lipinski definition) is 1. The Balaban J connectivity index is 0.00000363. The summed E-state index contributed by atoms with van der Waals surface area (Å²) < 4.78 is 0. The molecule has 1 heterocycles. The number of aryl methyl sites for hydroxylation is 2. The van der Waals surface area contributed by atoms with E-state index in [4.69, 9.17) is 10.5 Å². The van der Waals surface area contributed by atoms with Gasteiger partial charge in [0.2, 0.25) is 0 Å². The van der Waals surface area contributed by atoms with Gasteiger partial charge in [0, 0.05) is 22.2 Å². The van der Waals surface area contributed by atoms with Crippen molar-refractivity contribution < 1.29 is 61.3 Å². The van der Waals surface area contributed by atoms with E-state index in [-0.39, 0.29) is 57.1 Å². The zero-order valence-electron chi connectivity index (χ0n) is 18.0. The average molecular weight is 467 g/mol. The van der Waals surface area contributed by atoms with E-state index >= 15 is 0 Å². The van der Waals surface area contributed by atoms with Gasteiger partial charge in [-0.05, 0) is 43.2 Å². The second kappa shape index (κ2) is 12.1. The predicted octanol–water partition coefficient (Wildman–Crippen LogP) is 0.905. The Hall–Kier alpha value is -2.22. The largest absolute Gasteiger partial charge is 1.00 e. The molecule has 0 unspecified atom stereocenters. The summed E-state index contributed by atoms with van der Waals surface area (Å²) >= 11 is 1.37. The predicted molar refractivity (Wildman–Crippen MR) is 116 cm³/mol. The van der Waals surface area contributed by atoms with Crippen molar-refractivity contribution in [3.63, 3.8) is 0 Å². The topological polar surface area (TPSA) is 124 Å². The van der Waals surface area contributed by atoms with Crippen LogP contribution in [-0.2, 0) is 19.3 Å². The van der Waals surface area contributed by atoms with Crippen LogP contribution in [0.2, 0.25) is 0 Å². The van der Waals surface area contributed by atoms with Crippen molar-refractivity contribution in [1.82, 2.24) is 0 Å². The first-order valence-corrected chi connectivity index (χ1v) is 10.7. The number of nitrogens with one attached hydrogen (secondary N) is 1. The molecule has 0 aliphatic heterocycles. The Kier molecular flexibility index (Phi) is 9.87. The Morgan fingerprint density at radius 2 is 1.81 bits per heavy atom. The van der Waals surface area contributed by atoms with E-state index < -0.39 is 17.1 Å². The maximum absolute atomic E-state index is 12.8. The molecule has 8 heteroatoms. The van der Waals surface area contributed by atoms with Gasteiger partial charge in [0.05, 0.1) is 5.56 Å². The van der Waals surface area contributed by atoms with Crippen LogP contribution in [0.4, 0.5) is 5.00 Å². The SMILES string of the molecule is CCc1ccc(C(=O)C=C(Nc2sc3c(c2C#N)CCCC3)C([O-])=C(C#N)C#N)cc1.[K+]. The minimum Gasteiger partial charge on any atom is -0.870 e. The Morgan fingerprint density at radius 3 is 2.41 bits per heavy atom. The Labute approximate surface area is 233 Å². The van der Waals surface area contributed by atoms with Crippen molar-refractivity contribution in [3.8, 4) is 18.2 Å². The maximum Gasteiger partial charge on any atom is 1.00 e. The van der Waals surface area contributed by atoms with Gasteiger partial charge in [0.15, 0.2) is 5.78 Å². The van der Waals surface area contributed by atoms with Crippen LogP contribution in [0.15, 0.2) is 47.4 Å².